The van der Waals surface area contributed by atoms with Crippen LogP contribution in [0.2, 0.25) is 0 Å². The first-order valence-corrected chi connectivity index (χ1v) is 2.51. The molecule has 0 aromatic carbocycles. The number of hydrogen-bond acceptors (Lipinski definition) is 2. The lowest BCUT2D eigenvalue weighted by molar-refractivity contribution is -0.163. The summed E-state index contributed by atoms with van der Waals surface area (Å²) in [4.78, 5) is 19.8. The first-order valence-electron chi connectivity index (χ1n) is 2.51. The van der Waals surface area contributed by atoms with Crippen LogP contribution in [0.4, 0.5) is 17.6 Å². The van der Waals surface area contributed by atoms with E-state index in [9.17, 15) is 27.2 Å². The minimum Gasteiger partial charge on any atom is -0.293 e. The van der Waals surface area contributed by atoms with Gasteiger partial charge in [-0.05, 0) is 0 Å². The van der Waals surface area contributed by atoms with Crippen molar-refractivity contribution >= 4 is 28.9 Å². The molecular weight excluding hydrogens is 195 g/mol. The fourth-order valence-electron chi connectivity index (χ4n) is 0.311. The Morgan fingerprint density at radius 1 is 1.25 bits per heavy atom. The minimum absolute atomic E-state index is 0. The number of carbonyl (C=O) groups excluding carboxylic acids is 2. The Morgan fingerprint density at radius 2 is 1.58 bits per heavy atom. The van der Waals surface area contributed by atoms with Crippen LogP contribution < -0.4 is 0 Å². The van der Waals surface area contributed by atoms with Crippen LogP contribution in [0.1, 0.15) is 6.92 Å². The van der Waals surface area contributed by atoms with Gasteiger partial charge in [0.2, 0.25) is 5.78 Å². The second-order valence-corrected chi connectivity index (χ2v) is 1.80. The molecule has 0 saturated heterocycles. The number of rotatable bonds is 3. The molecule has 0 aliphatic carbocycles. The highest BCUT2D eigenvalue weighted by Gasteiger charge is 2.48. The van der Waals surface area contributed by atoms with Crippen molar-refractivity contribution in [1.29, 1.82) is 0 Å². The normalized spacial score (nSPS) is 10.8. The molecule has 0 saturated carbocycles. The average Bonchev–Trinajstić information content (AvgIpc) is 1.85. The predicted octanol–water partition coefficient (Wildman–Crippen LogP) is -0.139. The largest absolute Gasteiger partial charge is 0.367 e. The van der Waals surface area contributed by atoms with E-state index < -0.39 is 23.9 Å². The Balaban J connectivity index is 0. The van der Waals surface area contributed by atoms with E-state index in [0.29, 0.717) is 6.92 Å². The number of Topliss-reactive ketones (excluding diaryl/α,β-unsaturated/α-hetero) is 2. The molecule has 0 aliphatic rings. The van der Waals surface area contributed by atoms with Crippen LogP contribution in [0.3, 0.4) is 0 Å². The maximum atomic E-state index is 12.0. The van der Waals surface area contributed by atoms with Crippen LogP contribution in [0.25, 0.3) is 0 Å². The molecule has 0 radical (unpaired) electrons. The number of ketones is 2. The highest BCUT2D eigenvalue weighted by molar-refractivity contribution is 6.08. The Morgan fingerprint density at radius 3 is 1.67 bits per heavy atom. The van der Waals surface area contributed by atoms with Crippen molar-refractivity contribution in [2.45, 2.75) is 19.3 Å². The molecule has 70 valence electrons. The summed E-state index contributed by atoms with van der Waals surface area (Å²) < 4.78 is 46.6. The van der Waals surface area contributed by atoms with Crippen molar-refractivity contribution in [2.75, 3.05) is 0 Å². The van der Waals surface area contributed by atoms with Crippen molar-refractivity contribution < 1.29 is 27.2 Å². The van der Waals surface area contributed by atoms with E-state index in [1.807, 2.05) is 0 Å². The summed E-state index contributed by atoms with van der Waals surface area (Å²) in [5.41, 5.74) is 0. The molecule has 0 fully saturated rings. The Bertz CT molecular complexity index is 192. The third-order valence-corrected chi connectivity index (χ3v) is 0.950. The molecule has 0 amide bonds. The van der Waals surface area contributed by atoms with Crippen LogP contribution in [-0.4, -0.2) is 41.3 Å². The minimum atomic E-state index is -4.55. The van der Waals surface area contributed by atoms with Gasteiger partial charge in [-0.15, -0.1) is 0 Å². The van der Waals surface area contributed by atoms with Crippen LogP contribution >= 0.6 is 0 Å². The average molecular weight is 202 g/mol. The standard InChI is InChI=1S/C5H4F4O2.Al.3H/c1-2(10)5(8,9)3(11)4(6)7;;;;/h4H,1H3;;;;. The van der Waals surface area contributed by atoms with Crippen molar-refractivity contribution in [3.8, 4) is 0 Å². The first kappa shape index (κ1) is 14.1. The SMILES string of the molecule is CC(=O)C(F)(F)C(=O)C(F)F.[AlH3]. The van der Waals surface area contributed by atoms with Gasteiger partial charge in [0.1, 0.15) is 0 Å². The second-order valence-electron chi connectivity index (χ2n) is 1.80. The van der Waals surface area contributed by atoms with E-state index in [1.54, 1.807) is 0 Å². The molecule has 2 nitrogen and oxygen atoms in total. The summed E-state index contributed by atoms with van der Waals surface area (Å²) in [5.74, 6) is -9.07. The van der Waals surface area contributed by atoms with E-state index in [0.717, 1.165) is 0 Å². The summed E-state index contributed by atoms with van der Waals surface area (Å²) in [5, 5.41) is 0. The van der Waals surface area contributed by atoms with Crippen molar-refractivity contribution in [2.24, 2.45) is 0 Å². The lowest BCUT2D eigenvalue weighted by atomic mass is 10.1. The zero-order valence-corrected chi connectivity index (χ0v) is 5.41. The molecule has 0 heterocycles. The van der Waals surface area contributed by atoms with Gasteiger partial charge in [-0.25, -0.2) is 8.78 Å². The highest BCUT2D eigenvalue weighted by Crippen LogP contribution is 2.19. The fraction of sp³-hybridized carbons (Fsp3) is 0.600. The molecule has 0 rings (SSSR count). The van der Waals surface area contributed by atoms with Gasteiger partial charge >= 0.3 is 12.3 Å². The highest BCUT2D eigenvalue weighted by atomic mass is 27.0. The van der Waals surface area contributed by atoms with Gasteiger partial charge in [0.25, 0.3) is 5.78 Å². The Kier molecular flexibility index (Phi) is 5.39. The number of halogens is 4. The third-order valence-electron chi connectivity index (χ3n) is 0.950. The zero-order chi connectivity index (χ0) is 9.23. The van der Waals surface area contributed by atoms with Gasteiger partial charge in [0.05, 0.1) is 0 Å². The van der Waals surface area contributed by atoms with E-state index >= 15 is 0 Å². The molecule has 7 heteroatoms. The van der Waals surface area contributed by atoms with Crippen molar-refractivity contribution in [3.63, 3.8) is 0 Å². The van der Waals surface area contributed by atoms with Gasteiger partial charge in [-0.2, -0.15) is 8.78 Å². The lowest BCUT2D eigenvalue weighted by Gasteiger charge is -2.09. The third kappa shape index (κ3) is 2.91. The summed E-state index contributed by atoms with van der Waals surface area (Å²) >= 11 is 0. The molecule has 0 aromatic rings. The van der Waals surface area contributed by atoms with E-state index in [-0.39, 0.29) is 17.4 Å². The monoisotopic (exact) mass is 202 g/mol. The van der Waals surface area contributed by atoms with Gasteiger partial charge in [-0.1, -0.05) is 0 Å². The van der Waals surface area contributed by atoms with Crippen LogP contribution in [-0.2, 0) is 9.59 Å². The molecule has 0 spiro atoms. The number of hydrogen-bond donors (Lipinski definition) is 0. The topological polar surface area (TPSA) is 34.1 Å². The fourth-order valence-corrected chi connectivity index (χ4v) is 0.311. The first-order chi connectivity index (χ1) is 4.80. The summed E-state index contributed by atoms with van der Waals surface area (Å²) in [6, 6.07) is 0. The van der Waals surface area contributed by atoms with Gasteiger partial charge < -0.3 is 0 Å². The summed E-state index contributed by atoms with van der Waals surface area (Å²) in [6.45, 7) is 0.375. The molecule has 0 N–H and O–H groups in total. The van der Waals surface area contributed by atoms with E-state index in [2.05, 4.69) is 0 Å². The molecule has 0 atom stereocenters. The van der Waals surface area contributed by atoms with Crippen LogP contribution in [0.15, 0.2) is 0 Å². The van der Waals surface area contributed by atoms with Gasteiger partial charge in [-0.3, -0.25) is 9.59 Å². The van der Waals surface area contributed by atoms with Crippen molar-refractivity contribution in [3.05, 3.63) is 0 Å². The molecule has 0 aliphatic heterocycles. The maximum absolute atomic E-state index is 12.0. The summed E-state index contributed by atoms with van der Waals surface area (Å²) in [6.07, 6.45) is -3.81. The smallest absolute Gasteiger partial charge is 0.293 e. The quantitative estimate of drug-likeness (QED) is 0.362. The molecular formula is C5H7AlF4O2. The molecule has 0 unspecified atom stereocenters. The second kappa shape index (κ2) is 4.58. The van der Waals surface area contributed by atoms with E-state index in [4.69, 9.17) is 0 Å². The zero-order valence-electron chi connectivity index (χ0n) is 5.41. The number of carbonyl (C=O) groups is 2. The Labute approximate surface area is 76.1 Å². The van der Waals surface area contributed by atoms with Crippen LogP contribution in [0, 0.1) is 0 Å². The molecule has 12 heavy (non-hydrogen) atoms. The van der Waals surface area contributed by atoms with Gasteiger partial charge in [0, 0.05) is 6.92 Å². The lowest BCUT2D eigenvalue weighted by Crippen LogP contribution is -2.40. The number of alkyl halides is 4. The summed E-state index contributed by atoms with van der Waals surface area (Å²) in [7, 11) is 0. The molecule has 0 bridgehead atoms. The maximum Gasteiger partial charge on any atom is 0.367 e. The van der Waals surface area contributed by atoms with Crippen molar-refractivity contribution in [1.82, 2.24) is 0 Å². The van der Waals surface area contributed by atoms with Gasteiger partial charge in [0.15, 0.2) is 17.4 Å². The van der Waals surface area contributed by atoms with Crippen LogP contribution in [0.5, 0.6) is 0 Å². The Hall–Kier alpha value is -0.408. The predicted molar refractivity (Wildman–Crippen MR) is 36.6 cm³/mol. The van der Waals surface area contributed by atoms with E-state index in [1.165, 1.54) is 0 Å². The molecule has 0 aromatic heterocycles.